The molecule has 0 fully saturated rings. The Morgan fingerprint density at radius 2 is 1.96 bits per heavy atom. The van der Waals surface area contributed by atoms with Crippen molar-refractivity contribution in [3.05, 3.63) is 63.7 Å². The van der Waals surface area contributed by atoms with Gasteiger partial charge in [0.15, 0.2) is 0 Å². The minimum Gasteiger partial charge on any atom is -0.496 e. The van der Waals surface area contributed by atoms with Crippen molar-refractivity contribution in [1.29, 1.82) is 0 Å². The van der Waals surface area contributed by atoms with E-state index in [2.05, 4.69) is 24.8 Å². The molecule has 0 aromatic heterocycles. The van der Waals surface area contributed by atoms with E-state index in [1.54, 1.807) is 6.07 Å². The van der Waals surface area contributed by atoms with Gasteiger partial charge in [0.25, 0.3) is 0 Å². The summed E-state index contributed by atoms with van der Waals surface area (Å²) in [6, 6.07) is 11.3. The lowest BCUT2D eigenvalue weighted by Crippen LogP contribution is -2.58. The summed E-state index contributed by atoms with van der Waals surface area (Å²) in [5, 5.41) is 11.6. The standard InChI is InChI=1S/C20H20N2O4/c1-19(2)15-7-5-6-8-16(15)21(3)20(19)10-9-13-11-14(25-4)12-17(22(23)24)18(13)26-20/h5-12H,1-4H3/t20-/m0/s1. The summed E-state index contributed by atoms with van der Waals surface area (Å²) >= 11 is 0. The largest absolute Gasteiger partial charge is 0.496 e. The highest BCUT2D eigenvalue weighted by atomic mass is 16.6. The highest BCUT2D eigenvalue weighted by Gasteiger charge is 2.58. The molecule has 0 unspecified atom stereocenters. The van der Waals surface area contributed by atoms with Crippen molar-refractivity contribution in [2.75, 3.05) is 19.1 Å². The monoisotopic (exact) mass is 352 g/mol. The van der Waals surface area contributed by atoms with E-state index in [0.29, 0.717) is 11.3 Å². The molecule has 1 atom stereocenters. The van der Waals surface area contributed by atoms with E-state index < -0.39 is 16.1 Å². The molecule has 2 aromatic rings. The van der Waals surface area contributed by atoms with Gasteiger partial charge in [-0.1, -0.05) is 18.2 Å². The van der Waals surface area contributed by atoms with Gasteiger partial charge in [-0.2, -0.15) is 0 Å². The van der Waals surface area contributed by atoms with E-state index in [9.17, 15) is 10.1 Å². The number of benzene rings is 2. The zero-order valence-electron chi connectivity index (χ0n) is 15.1. The minimum atomic E-state index is -0.844. The average molecular weight is 352 g/mol. The van der Waals surface area contributed by atoms with E-state index in [1.807, 2.05) is 37.4 Å². The highest BCUT2D eigenvalue weighted by Crippen LogP contribution is 2.55. The Morgan fingerprint density at radius 3 is 2.62 bits per heavy atom. The second-order valence-electron chi connectivity index (χ2n) is 7.15. The van der Waals surface area contributed by atoms with Crippen LogP contribution in [-0.4, -0.2) is 24.8 Å². The first-order chi connectivity index (χ1) is 12.3. The maximum atomic E-state index is 11.6. The molecular formula is C20H20N2O4. The molecule has 2 heterocycles. The predicted molar refractivity (Wildman–Crippen MR) is 99.9 cm³/mol. The number of ether oxygens (including phenoxy) is 2. The lowest BCUT2D eigenvalue weighted by Gasteiger charge is -2.45. The summed E-state index contributed by atoms with van der Waals surface area (Å²) in [7, 11) is 3.45. The van der Waals surface area contributed by atoms with Crippen molar-refractivity contribution in [1.82, 2.24) is 0 Å². The quantitative estimate of drug-likeness (QED) is 0.600. The number of nitrogens with zero attached hydrogens (tertiary/aromatic N) is 2. The number of hydrogen-bond donors (Lipinski definition) is 0. The summed E-state index contributed by atoms with van der Waals surface area (Å²) in [5.41, 5.74) is 1.50. The van der Waals surface area contributed by atoms with Crippen molar-refractivity contribution in [2.45, 2.75) is 25.0 Å². The number of anilines is 1. The number of para-hydroxylation sites is 1. The Labute approximate surface area is 151 Å². The molecule has 0 N–H and O–H groups in total. The third-order valence-electron chi connectivity index (χ3n) is 5.58. The van der Waals surface area contributed by atoms with Crippen LogP contribution in [0, 0.1) is 10.1 Å². The first-order valence-electron chi connectivity index (χ1n) is 8.40. The van der Waals surface area contributed by atoms with Gasteiger partial charge in [0.1, 0.15) is 5.75 Å². The number of methoxy groups -OCH3 is 1. The zero-order chi connectivity index (χ0) is 18.7. The molecule has 2 aliphatic heterocycles. The number of rotatable bonds is 2. The Hall–Kier alpha value is -3.02. The Kier molecular flexibility index (Phi) is 3.31. The lowest BCUT2D eigenvalue weighted by molar-refractivity contribution is -0.386. The fourth-order valence-electron chi connectivity index (χ4n) is 4.09. The molecule has 0 aliphatic carbocycles. The molecule has 0 radical (unpaired) electrons. The molecule has 0 saturated heterocycles. The molecule has 0 amide bonds. The molecular weight excluding hydrogens is 332 g/mol. The third-order valence-corrected chi connectivity index (χ3v) is 5.58. The summed E-state index contributed by atoms with van der Waals surface area (Å²) in [6.45, 7) is 4.19. The van der Waals surface area contributed by atoms with Gasteiger partial charge in [-0.15, -0.1) is 0 Å². The number of nitro groups is 1. The van der Waals surface area contributed by atoms with Crippen LogP contribution in [0.2, 0.25) is 0 Å². The summed E-state index contributed by atoms with van der Waals surface area (Å²) in [5.74, 6) is 0.702. The molecule has 6 heteroatoms. The van der Waals surface area contributed by atoms with Crippen molar-refractivity contribution in [3.63, 3.8) is 0 Å². The van der Waals surface area contributed by atoms with E-state index in [4.69, 9.17) is 9.47 Å². The van der Waals surface area contributed by atoms with Crippen LogP contribution in [0.3, 0.4) is 0 Å². The van der Waals surface area contributed by atoms with Gasteiger partial charge in [0, 0.05) is 18.3 Å². The first kappa shape index (κ1) is 16.4. The van der Waals surface area contributed by atoms with Gasteiger partial charge in [-0.05, 0) is 43.7 Å². The minimum absolute atomic E-state index is 0.0942. The predicted octanol–water partition coefficient (Wildman–Crippen LogP) is 4.13. The molecule has 1 spiro atoms. The third kappa shape index (κ3) is 1.92. The van der Waals surface area contributed by atoms with E-state index in [1.165, 1.54) is 13.2 Å². The van der Waals surface area contributed by atoms with Gasteiger partial charge >= 0.3 is 5.69 Å². The molecule has 4 rings (SSSR count). The van der Waals surface area contributed by atoms with Crippen molar-refractivity contribution in [2.24, 2.45) is 0 Å². The molecule has 6 nitrogen and oxygen atoms in total. The van der Waals surface area contributed by atoms with Gasteiger partial charge in [-0.3, -0.25) is 10.1 Å². The lowest BCUT2D eigenvalue weighted by atomic mass is 9.76. The van der Waals surface area contributed by atoms with E-state index in [0.717, 1.165) is 11.3 Å². The zero-order valence-corrected chi connectivity index (χ0v) is 15.1. The van der Waals surface area contributed by atoms with Crippen LogP contribution >= 0.6 is 0 Å². The van der Waals surface area contributed by atoms with Gasteiger partial charge in [-0.25, -0.2) is 0 Å². The fourth-order valence-corrected chi connectivity index (χ4v) is 4.09. The second kappa shape index (κ2) is 5.24. The van der Waals surface area contributed by atoms with Crippen LogP contribution in [0.1, 0.15) is 25.0 Å². The highest BCUT2D eigenvalue weighted by molar-refractivity contribution is 5.75. The van der Waals surface area contributed by atoms with Crippen molar-refractivity contribution >= 4 is 17.5 Å². The topological polar surface area (TPSA) is 64.8 Å². The van der Waals surface area contributed by atoms with Crippen LogP contribution < -0.4 is 14.4 Å². The summed E-state index contributed by atoms with van der Waals surface area (Å²) in [4.78, 5) is 13.3. The van der Waals surface area contributed by atoms with Crippen LogP contribution in [0.15, 0.2) is 42.5 Å². The number of likely N-dealkylation sites (N-methyl/N-ethyl adjacent to an activating group) is 1. The number of nitro benzene ring substituents is 1. The van der Waals surface area contributed by atoms with E-state index in [-0.39, 0.29) is 11.4 Å². The van der Waals surface area contributed by atoms with E-state index >= 15 is 0 Å². The van der Waals surface area contributed by atoms with Gasteiger partial charge in [0.05, 0.1) is 23.5 Å². The Morgan fingerprint density at radius 1 is 1.23 bits per heavy atom. The smallest absolute Gasteiger partial charge is 0.315 e. The van der Waals surface area contributed by atoms with Gasteiger partial charge in [0.2, 0.25) is 11.5 Å². The molecule has 2 aromatic carbocycles. The number of fused-ring (bicyclic) bond motifs is 2. The van der Waals surface area contributed by atoms with Crippen molar-refractivity contribution < 1.29 is 14.4 Å². The molecule has 0 saturated carbocycles. The maximum Gasteiger partial charge on any atom is 0.315 e. The SMILES string of the molecule is COc1cc2c(c([N+](=O)[O-])c1)O[C@]1(C=C2)N(C)c2ccccc2C1(C)C. The molecule has 0 bridgehead atoms. The average Bonchev–Trinajstić information content (AvgIpc) is 2.80. The Balaban J connectivity index is 1.92. The molecule has 134 valence electrons. The molecule has 26 heavy (non-hydrogen) atoms. The van der Waals surface area contributed by atoms with Gasteiger partial charge < -0.3 is 14.4 Å². The Bertz CT molecular complexity index is 951. The van der Waals surface area contributed by atoms with Crippen LogP contribution in [0.5, 0.6) is 11.5 Å². The summed E-state index contributed by atoms with van der Waals surface area (Å²) in [6.07, 6.45) is 3.87. The molecule has 2 aliphatic rings. The van der Waals surface area contributed by atoms with Crippen LogP contribution in [0.4, 0.5) is 11.4 Å². The van der Waals surface area contributed by atoms with Crippen molar-refractivity contribution in [3.8, 4) is 11.5 Å². The maximum absolute atomic E-state index is 11.6. The normalized spacial score (nSPS) is 21.9. The van der Waals surface area contributed by atoms with Crippen LogP contribution in [-0.2, 0) is 5.41 Å². The first-order valence-corrected chi connectivity index (χ1v) is 8.40. The summed E-state index contributed by atoms with van der Waals surface area (Å²) < 4.78 is 11.6. The second-order valence-corrected chi connectivity index (χ2v) is 7.15. The number of hydrogen-bond acceptors (Lipinski definition) is 5. The van der Waals surface area contributed by atoms with Crippen LogP contribution in [0.25, 0.3) is 6.08 Å². The fraction of sp³-hybridized carbons (Fsp3) is 0.300.